The van der Waals surface area contributed by atoms with E-state index in [-0.39, 0.29) is 30.6 Å². The second-order valence-electron chi connectivity index (χ2n) is 11.0. The van der Waals surface area contributed by atoms with Crippen molar-refractivity contribution in [1.82, 2.24) is 21.3 Å². The van der Waals surface area contributed by atoms with Gasteiger partial charge in [-0.2, -0.15) is 0 Å². The molecule has 0 aliphatic carbocycles. The van der Waals surface area contributed by atoms with Crippen molar-refractivity contribution < 1.29 is 29.1 Å². The van der Waals surface area contributed by atoms with Crippen LogP contribution in [0.15, 0.2) is 30.3 Å². The predicted molar refractivity (Wildman–Crippen MR) is 148 cm³/mol. The summed E-state index contributed by atoms with van der Waals surface area (Å²) in [4.78, 5) is 62.8. The monoisotopic (exact) mass is 547 g/mol. The Kier molecular flexibility index (Phi) is 14.2. The molecule has 0 aromatic heterocycles. The van der Waals surface area contributed by atoms with Crippen LogP contribution in [0.3, 0.4) is 0 Å². The maximum Gasteiger partial charge on any atom is 0.322 e. The fraction of sp³-hybridized carbons (Fsp3) is 0.607. The van der Waals surface area contributed by atoms with E-state index in [0.717, 1.165) is 5.56 Å². The first-order chi connectivity index (χ1) is 18.2. The van der Waals surface area contributed by atoms with Crippen molar-refractivity contribution in [2.75, 3.05) is 6.54 Å². The number of carboxylic acids is 1. The molecule has 4 atom stereocenters. The van der Waals surface area contributed by atoms with E-state index in [0.29, 0.717) is 6.42 Å². The first kappa shape index (κ1) is 33.6. The minimum atomic E-state index is -1.20. The number of nitrogens with two attached hydrogens (primary N) is 1. The van der Waals surface area contributed by atoms with Crippen molar-refractivity contribution >= 4 is 29.6 Å². The van der Waals surface area contributed by atoms with Gasteiger partial charge in [0.2, 0.25) is 23.6 Å². The van der Waals surface area contributed by atoms with Gasteiger partial charge in [0, 0.05) is 0 Å². The van der Waals surface area contributed by atoms with Crippen LogP contribution in [-0.2, 0) is 30.4 Å². The first-order valence-corrected chi connectivity index (χ1v) is 13.4. The zero-order valence-electron chi connectivity index (χ0n) is 23.8. The van der Waals surface area contributed by atoms with Gasteiger partial charge >= 0.3 is 5.97 Å². The maximum atomic E-state index is 13.3. The average molecular weight is 548 g/mol. The molecule has 1 aromatic carbocycles. The maximum absolute atomic E-state index is 13.3. The largest absolute Gasteiger partial charge is 0.480 e. The van der Waals surface area contributed by atoms with Crippen molar-refractivity contribution in [3.8, 4) is 0 Å². The van der Waals surface area contributed by atoms with E-state index < -0.39 is 60.3 Å². The number of carbonyl (C=O) groups excluding carboxylic acids is 4. The number of nitrogens with one attached hydrogen (secondary N) is 4. The van der Waals surface area contributed by atoms with E-state index in [4.69, 9.17) is 10.8 Å². The Labute approximate surface area is 231 Å². The van der Waals surface area contributed by atoms with Crippen molar-refractivity contribution in [3.05, 3.63) is 35.9 Å². The van der Waals surface area contributed by atoms with Crippen LogP contribution >= 0.6 is 0 Å². The van der Waals surface area contributed by atoms with Crippen LogP contribution in [0.25, 0.3) is 0 Å². The van der Waals surface area contributed by atoms with E-state index >= 15 is 0 Å². The highest BCUT2D eigenvalue weighted by Crippen LogP contribution is 2.11. The van der Waals surface area contributed by atoms with Crippen LogP contribution in [0.5, 0.6) is 0 Å². The molecule has 0 unspecified atom stereocenters. The molecule has 0 aliphatic rings. The SMILES string of the molecule is CC(C)C[C@H](NC(=O)[C@H](CC(C)C)NC(=O)[C@@H](NC(=O)[C@@H](N)Cc1ccccc1)C(C)C)C(=O)NCC(=O)O. The molecule has 39 heavy (non-hydrogen) atoms. The van der Waals surface area contributed by atoms with Gasteiger partial charge in [0.05, 0.1) is 6.04 Å². The molecular formula is C28H45N5O6. The van der Waals surface area contributed by atoms with Crippen LogP contribution in [0.1, 0.15) is 59.9 Å². The molecule has 0 saturated heterocycles. The lowest BCUT2D eigenvalue weighted by Crippen LogP contribution is -2.59. The van der Waals surface area contributed by atoms with Crippen LogP contribution in [0.2, 0.25) is 0 Å². The van der Waals surface area contributed by atoms with Gasteiger partial charge in [0.1, 0.15) is 24.7 Å². The summed E-state index contributed by atoms with van der Waals surface area (Å²) in [5, 5.41) is 19.3. The molecule has 1 aromatic rings. The van der Waals surface area contributed by atoms with Crippen LogP contribution in [-0.4, -0.2) is 65.4 Å². The summed E-state index contributed by atoms with van der Waals surface area (Å²) in [6.45, 7) is 10.5. The number of hydrogen-bond acceptors (Lipinski definition) is 6. The molecule has 11 heteroatoms. The Balaban J connectivity index is 2.98. The van der Waals surface area contributed by atoms with E-state index in [1.54, 1.807) is 13.8 Å². The van der Waals surface area contributed by atoms with Gasteiger partial charge in [-0.3, -0.25) is 24.0 Å². The second-order valence-corrected chi connectivity index (χ2v) is 11.0. The Morgan fingerprint density at radius 3 is 1.74 bits per heavy atom. The fourth-order valence-electron chi connectivity index (χ4n) is 3.98. The number of aliphatic carboxylic acids is 1. The zero-order valence-corrected chi connectivity index (χ0v) is 23.8. The van der Waals surface area contributed by atoms with Gasteiger partial charge in [-0.25, -0.2) is 0 Å². The molecule has 0 bridgehead atoms. The van der Waals surface area contributed by atoms with E-state index in [1.165, 1.54) is 0 Å². The highest BCUT2D eigenvalue weighted by molar-refractivity contribution is 5.95. The summed E-state index contributed by atoms with van der Waals surface area (Å²) in [7, 11) is 0. The normalized spacial score (nSPS) is 14.3. The van der Waals surface area contributed by atoms with Gasteiger partial charge in [0.25, 0.3) is 0 Å². The molecule has 4 amide bonds. The van der Waals surface area contributed by atoms with Crippen LogP contribution < -0.4 is 27.0 Å². The van der Waals surface area contributed by atoms with Gasteiger partial charge in [-0.15, -0.1) is 0 Å². The molecule has 0 fully saturated rings. The summed E-state index contributed by atoms with van der Waals surface area (Å²) in [6, 6.07) is 5.55. The number of amides is 4. The molecule has 0 saturated carbocycles. The second kappa shape index (κ2) is 16.5. The average Bonchev–Trinajstić information content (AvgIpc) is 2.84. The highest BCUT2D eigenvalue weighted by atomic mass is 16.4. The Bertz CT molecular complexity index is 966. The van der Waals surface area contributed by atoms with Crippen molar-refractivity contribution in [2.24, 2.45) is 23.5 Å². The van der Waals surface area contributed by atoms with Crippen LogP contribution in [0.4, 0.5) is 0 Å². The first-order valence-electron chi connectivity index (χ1n) is 13.4. The predicted octanol–water partition coefficient (Wildman–Crippen LogP) is 0.960. The number of rotatable bonds is 16. The molecular weight excluding hydrogens is 502 g/mol. The molecule has 218 valence electrons. The summed E-state index contributed by atoms with van der Waals surface area (Å²) in [5.74, 6) is -3.64. The van der Waals surface area contributed by atoms with Crippen molar-refractivity contribution in [3.63, 3.8) is 0 Å². The third kappa shape index (κ3) is 12.8. The third-order valence-electron chi connectivity index (χ3n) is 5.98. The number of hydrogen-bond donors (Lipinski definition) is 6. The van der Waals surface area contributed by atoms with E-state index in [2.05, 4.69) is 21.3 Å². The van der Waals surface area contributed by atoms with Gasteiger partial charge < -0.3 is 32.1 Å². The number of carbonyl (C=O) groups is 5. The minimum absolute atomic E-state index is 0.0248. The van der Waals surface area contributed by atoms with Crippen molar-refractivity contribution in [2.45, 2.75) is 85.0 Å². The number of benzene rings is 1. The lowest BCUT2D eigenvalue weighted by atomic mass is 9.98. The summed E-state index contributed by atoms with van der Waals surface area (Å²) >= 11 is 0. The lowest BCUT2D eigenvalue weighted by Gasteiger charge is -2.28. The molecule has 0 radical (unpaired) electrons. The Morgan fingerprint density at radius 1 is 0.744 bits per heavy atom. The van der Waals surface area contributed by atoms with Gasteiger partial charge in [0.15, 0.2) is 0 Å². The Hall–Kier alpha value is -3.47. The Morgan fingerprint density at radius 2 is 1.26 bits per heavy atom. The standard InChI is InChI=1S/C28H45N5O6/c1-16(2)12-21(26(37)30-15-23(34)35)31-27(38)22(13-17(3)4)32-28(39)24(18(5)6)33-25(36)20(29)14-19-10-8-7-9-11-19/h7-11,16-18,20-22,24H,12-15,29H2,1-6H3,(H,30,37)(H,31,38)(H,32,39)(H,33,36)(H,34,35)/t20-,21-,22-,24-/m0/s1. The third-order valence-corrected chi connectivity index (χ3v) is 5.98. The fourth-order valence-corrected chi connectivity index (χ4v) is 3.98. The van der Waals surface area contributed by atoms with E-state index in [1.807, 2.05) is 58.0 Å². The molecule has 0 heterocycles. The summed E-state index contributed by atoms with van der Waals surface area (Å²) in [6.07, 6.45) is 0.872. The minimum Gasteiger partial charge on any atom is -0.480 e. The lowest BCUT2D eigenvalue weighted by molar-refractivity contribution is -0.138. The topological polar surface area (TPSA) is 180 Å². The van der Waals surface area contributed by atoms with Gasteiger partial charge in [-0.1, -0.05) is 71.9 Å². The molecule has 0 spiro atoms. The highest BCUT2D eigenvalue weighted by Gasteiger charge is 2.32. The van der Waals surface area contributed by atoms with Gasteiger partial charge in [-0.05, 0) is 42.6 Å². The molecule has 0 aliphatic heterocycles. The quantitative estimate of drug-likeness (QED) is 0.178. The molecule has 7 N–H and O–H groups in total. The molecule has 1 rings (SSSR count). The number of carboxylic acid groups (broad SMARTS) is 1. The zero-order chi connectivity index (χ0) is 29.7. The van der Waals surface area contributed by atoms with Crippen molar-refractivity contribution in [1.29, 1.82) is 0 Å². The van der Waals surface area contributed by atoms with Crippen LogP contribution in [0, 0.1) is 17.8 Å². The summed E-state index contributed by atoms with van der Waals surface area (Å²) < 4.78 is 0. The smallest absolute Gasteiger partial charge is 0.322 e. The van der Waals surface area contributed by atoms with E-state index in [9.17, 15) is 24.0 Å². The summed E-state index contributed by atoms with van der Waals surface area (Å²) in [5.41, 5.74) is 6.99. The molecule has 11 nitrogen and oxygen atoms in total.